The van der Waals surface area contributed by atoms with Crippen molar-refractivity contribution in [1.29, 1.82) is 0 Å². The van der Waals surface area contributed by atoms with Gasteiger partial charge in [0.2, 0.25) is 0 Å². The number of hydrogen-bond acceptors (Lipinski definition) is 3. The summed E-state index contributed by atoms with van der Waals surface area (Å²) in [7, 11) is 1.38. The molecule has 1 rings (SSSR count). The second-order valence-corrected chi connectivity index (χ2v) is 2.85. The van der Waals surface area contributed by atoms with Gasteiger partial charge in [-0.2, -0.15) is 0 Å². The Balaban J connectivity index is 2.18. The third-order valence-electron chi connectivity index (χ3n) is 1.98. The van der Waals surface area contributed by atoms with Crippen LogP contribution < -0.4 is 0 Å². The Bertz CT molecular complexity index is 140. The van der Waals surface area contributed by atoms with Crippen LogP contribution in [0.1, 0.15) is 26.2 Å². The second kappa shape index (κ2) is 3.72. The van der Waals surface area contributed by atoms with Crippen LogP contribution in [-0.2, 0) is 14.3 Å². The molecular formula is C8H14O3. The van der Waals surface area contributed by atoms with E-state index in [1.165, 1.54) is 13.5 Å². The van der Waals surface area contributed by atoms with Gasteiger partial charge in [-0.05, 0) is 26.2 Å². The van der Waals surface area contributed by atoms with Crippen LogP contribution in [0.2, 0.25) is 0 Å². The first-order valence-electron chi connectivity index (χ1n) is 3.97. The fraction of sp³-hybridized carbons (Fsp3) is 0.875. The molecule has 1 aliphatic carbocycles. The lowest BCUT2D eigenvalue weighted by molar-refractivity contribution is -0.159. The highest BCUT2D eigenvalue weighted by Crippen LogP contribution is 2.23. The van der Waals surface area contributed by atoms with Crippen molar-refractivity contribution in [2.24, 2.45) is 0 Å². The molecule has 3 heteroatoms. The minimum absolute atomic E-state index is 0.281. The number of esters is 1. The van der Waals surface area contributed by atoms with Crippen molar-refractivity contribution in [3.05, 3.63) is 0 Å². The summed E-state index contributed by atoms with van der Waals surface area (Å²) in [5, 5.41) is 0. The molecule has 3 nitrogen and oxygen atoms in total. The molecule has 1 aliphatic rings. The Labute approximate surface area is 66.7 Å². The fourth-order valence-electron chi connectivity index (χ4n) is 1.02. The fourth-order valence-corrected chi connectivity index (χ4v) is 1.02. The van der Waals surface area contributed by atoms with E-state index in [4.69, 9.17) is 4.74 Å². The molecule has 11 heavy (non-hydrogen) atoms. The zero-order chi connectivity index (χ0) is 8.27. The largest absolute Gasteiger partial charge is 0.467 e. The van der Waals surface area contributed by atoms with Gasteiger partial charge in [0.1, 0.15) is 0 Å². The Kier molecular flexibility index (Phi) is 2.88. The van der Waals surface area contributed by atoms with E-state index in [1.807, 2.05) is 0 Å². The topological polar surface area (TPSA) is 35.5 Å². The molecule has 0 N–H and O–H groups in total. The summed E-state index contributed by atoms with van der Waals surface area (Å²) in [5.74, 6) is -0.281. The number of carbonyl (C=O) groups excluding carboxylic acids is 1. The molecular weight excluding hydrogens is 144 g/mol. The van der Waals surface area contributed by atoms with Crippen molar-refractivity contribution in [3.63, 3.8) is 0 Å². The number of hydrogen-bond donors (Lipinski definition) is 0. The normalized spacial score (nSPS) is 20.5. The Morgan fingerprint density at radius 1 is 1.55 bits per heavy atom. The predicted octanol–water partition coefficient (Wildman–Crippen LogP) is 1.12. The molecule has 0 aliphatic heterocycles. The summed E-state index contributed by atoms with van der Waals surface area (Å²) in [6.07, 6.45) is 3.29. The third-order valence-corrected chi connectivity index (χ3v) is 1.98. The van der Waals surface area contributed by atoms with Gasteiger partial charge in [-0.25, -0.2) is 4.79 Å². The molecule has 0 saturated heterocycles. The minimum Gasteiger partial charge on any atom is -0.467 e. The van der Waals surface area contributed by atoms with E-state index in [0.29, 0.717) is 6.10 Å². The number of carbonyl (C=O) groups is 1. The number of methoxy groups -OCH3 is 1. The van der Waals surface area contributed by atoms with Gasteiger partial charge in [-0.15, -0.1) is 0 Å². The highest BCUT2D eigenvalue weighted by Gasteiger charge is 2.24. The molecule has 0 amide bonds. The van der Waals surface area contributed by atoms with Crippen molar-refractivity contribution >= 4 is 5.97 Å². The van der Waals surface area contributed by atoms with Crippen molar-refractivity contribution < 1.29 is 14.3 Å². The Morgan fingerprint density at radius 3 is 2.55 bits per heavy atom. The lowest BCUT2D eigenvalue weighted by atomic mass is 9.96. The van der Waals surface area contributed by atoms with Crippen LogP contribution in [0.25, 0.3) is 0 Å². The first-order chi connectivity index (χ1) is 5.24. The van der Waals surface area contributed by atoms with Gasteiger partial charge in [-0.3, -0.25) is 0 Å². The van der Waals surface area contributed by atoms with Gasteiger partial charge in [0.15, 0.2) is 6.10 Å². The SMILES string of the molecule is COC(=O)[C@H](C)OC1CCC1. The molecule has 0 aromatic carbocycles. The highest BCUT2D eigenvalue weighted by atomic mass is 16.6. The van der Waals surface area contributed by atoms with Crippen LogP contribution in [0.5, 0.6) is 0 Å². The number of rotatable bonds is 3. The van der Waals surface area contributed by atoms with E-state index in [9.17, 15) is 4.79 Å². The van der Waals surface area contributed by atoms with E-state index < -0.39 is 6.10 Å². The summed E-state index contributed by atoms with van der Waals surface area (Å²) in [6.45, 7) is 1.73. The Hall–Kier alpha value is -0.570. The standard InChI is InChI=1S/C8H14O3/c1-6(8(9)10-2)11-7-4-3-5-7/h6-7H,3-5H2,1-2H3/t6-/m0/s1. The van der Waals surface area contributed by atoms with Gasteiger partial charge in [0.05, 0.1) is 13.2 Å². The van der Waals surface area contributed by atoms with Crippen molar-refractivity contribution in [2.45, 2.75) is 38.4 Å². The summed E-state index contributed by atoms with van der Waals surface area (Å²) in [5.41, 5.74) is 0. The zero-order valence-corrected chi connectivity index (χ0v) is 7.00. The molecule has 1 fully saturated rings. The predicted molar refractivity (Wildman–Crippen MR) is 40.2 cm³/mol. The first-order valence-corrected chi connectivity index (χ1v) is 3.97. The molecule has 0 aromatic rings. The molecule has 1 saturated carbocycles. The third kappa shape index (κ3) is 2.19. The maximum absolute atomic E-state index is 10.8. The van der Waals surface area contributed by atoms with Crippen LogP contribution in [-0.4, -0.2) is 25.3 Å². The summed E-state index contributed by atoms with van der Waals surface area (Å²) in [6, 6.07) is 0. The van der Waals surface area contributed by atoms with Crippen LogP contribution in [0, 0.1) is 0 Å². The summed E-state index contributed by atoms with van der Waals surface area (Å²) < 4.78 is 9.88. The van der Waals surface area contributed by atoms with Crippen molar-refractivity contribution in [2.75, 3.05) is 7.11 Å². The quantitative estimate of drug-likeness (QED) is 0.577. The maximum atomic E-state index is 10.8. The average molecular weight is 158 g/mol. The smallest absolute Gasteiger partial charge is 0.334 e. The van der Waals surface area contributed by atoms with Gasteiger partial charge >= 0.3 is 5.97 Å². The van der Waals surface area contributed by atoms with Crippen molar-refractivity contribution in [3.8, 4) is 0 Å². The average Bonchev–Trinajstić information content (AvgIpc) is 1.94. The van der Waals surface area contributed by atoms with Gasteiger partial charge in [-0.1, -0.05) is 0 Å². The molecule has 1 atom stereocenters. The monoisotopic (exact) mass is 158 g/mol. The molecule has 0 radical (unpaired) electrons. The first kappa shape index (κ1) is 8.53. The molecule has 64 valence electrons. The lowest BCUT2D eigenvalue weighted by Crippen LogP contribution is -2.31. The molecule has 0 unspecified atom stereocenters. The second-order valence-electron chi connectivity index (χ2n) is 2.85. The van der Waals surface area contributed by atoms with Gasteiger partial charge < -0.3 is 9.47 Å². The van der Waals surface area contributed by atoms with Crippen LogP contribution in [0.4, 0.5) is 0 Å². The van der Waals surface area contributed by atoms with E-state index >= 15 is 0 Å². The maximum Gasteiger partial charge on any atom is 0.334 e. The van der Waals surface area contributed by atoms with Gasteiger partial charge in [0.25, 0.3) is 0 Å². The summed E-state index contributed by atoms with van der Waals surface area (Å²) >= 11 is 0. The van der Waals surface area contributed by atoms with E-state index in [2.05, 4.69) is 4.74 Å². The Morgan fingerprint density at radius 2 is 2.18 bits per heavy atom. The molecule has 0 aromatic heterocycles. The molecule has 0 heterocycles. The van der Waals surface area contributed by atoms with E-state index in [-0.39, 0.29) is 5.97 Å². The van der Waals surface area contributed by atoms with E-state index in [1.54, 1.807) is 6.92 Å². The van der Waals surface area contributed by atoms with E-state index in [0.717, 1.165) is 12.8 Å². The lowest BCUT2D eigenvalue weighted by Gasteiger charge is -2.27. The number of ether oxygens (including phenoxy) is 2. The van der Waals surface area contributed by atoms with Crippen LogP contribution in [0.3, 0.4) is 0 Å². The highest BCUT2D eigenvalue weighted by molar-refractivity contribution is 5.73. The minimum atomic E-state index is -0.398. The van der Waals surface area contributed by atoms with Crippen LogP contribution in [0.15, 0.2) is 0 Å². The summed E-state index contributed by atoms with van der Waals surface area (Å²) in [4.78, 5) is 10.8. The van der Waals surface area contributed by atoms with Crippen LogP contribution >= 0.6 is 0 Å². The van der Waals surface area contributed by atoms with Gasteiger partial charge in [0, 0.05) is 0 Å². The molecule has 0 spiro atoms. The van der Waals surface area contributed by atoms with Crippen molar-refractivity contribution in [1.82, 2.24) is 0 Å². The zero-order valence-electron chi connectivity index (χ0n) is 7.00. The molecule has 0 bridgehead atoms.